The van der Waals surface area contributed by atoms with E-state index in [2.05, 4.69) is 31.0 Å². The highest BCUT2D eigenvalue weighted by Crippen LogP contribution is 2.48. The van der Waals surface area contributed by atoms with Crippen molar-refractivity contribution in [3.05, 3.63) is 59.7 Å². The molecule has 2 aliphatic rings. The molecule has 1 aliphatic carbocycles. The van der Waals surface area contributed by atoms with Gasteiger partial charge in [0.15, 0.2) is 6.17 Å². The molecule has 0 saturated heterocycles. The van der Waals surface area contributed by atoms with Gasteiger partial charge in [-0.05, 0) is 18.2 Å². The normalized spacial score (nSPS) is 28.1. The topological polar surface area (TPSA) is 74.6 Å². The fraction of sp³-hybridized carbons (Fsp3) is 0.167. The monoisotopic (exact) mass is 238 g/mol. The Morgan fingerprint density at radius 3 is 2.67 bits per heavy atom. The summed E-state index contributed by atoms with van der Waals surface area (Å²) in [5.74, 6) is 0. The molecule has 2 N–H and O–H groups in total. The van der Waals surface area contributed by atoms with Gasteiger partial charge in [-0.1, -0.05) is 12.1 Å². The summed E-state index contributed by atoms with van der Waals surface area (Å²) in [7, 11) is 0. The van der Waals surface area contributed by atoms with Gasteiger partial charge in [0.25, 0.3) is 0 Å². The smallest absolute Gasteiger partial charge is 0.214 e. The van der Waals surface area contributed by atoms with Gasteiger partial charge in [0, 0.05) is 18.0 Å². The number of nitrogens with one attached hydrogen (secondary N) is 2. The molecule has 0 radical (unpaired) electrons. The van der Waals surface area contributed by atoms with Gasteiger partial charge >= 0.3 is 0 Å². The summed E-state index contributed by atoms with van der Waals surface area (Å²) >= 11 is 0. The van der Waals surface area contributed by atoms with Crippen molar-refractivity contribution in [1.82, 2.24) is 20.8 Å². The lowest BCUT2D eigenvalue weighted by atomic mass is 10.3. The number of azo groups is 1. The van der Waals surface area contributed by atoms with Crippen LogP contribution >= 0.6 is 0 Å². The zero-order valence-electron chi connectivity index (χ0n) is 9.41. The fourth-order valence-electron chi connectivity index (χ4n) is 2.17. The Hall–Kier alpha value is -2.18. The number of nitrogens with zero attached hydrogens (tertiary/aromatic N) is 4. The Kier molecular flexibility index (Phi) is 1.86. The summed E-state index contributed by atoms with van der Waals surface area (Å²) in [6.45, 7) is 0. The number of pyridine rings is 2. The Labute approximate surface area is 103 Å². The van der Waals surface area contributed by atoms with Crippen LogP contribution in [0.3, 0.4) is 0 Å². The van der Waals surface area contributed by atoms with Crippen molar-refractivity contribution in [2.24, 2.45) is 10.2 Å². The van der Waals surface area contributed by atoms with Crippen molar-refractivity contribution in [3.63, 3.8) is 0 Å². The van der Waals surface area contributed by atoms with Crippen LogP contribution in [0.25, 0.3) is 0 Å². The van der Waals surface area contributed by atoms with Gasteiger partial charge in [-0.25, -0.2) is 10.9 Å². The summed E-state index contributed by atoms with van der Waals surface area (Å²) in [4.78, 5) is 8.52. The Morgan fingerprint density at radius 2 is 2.00 bits per heavy atom. The van der Waals surface area contributed by atoms with Crippen LogP contribution in [0.2, 0.25) is 0 Å². The number of hydrazine groups is 1. The average molecular weight is 238 g/mol. The van der Waals surface area contributed by atoms with E-state index in [1.807, 2.05) is 30.3 Å². The van der Waals surface area contributed by atoms with Gasteiger partial charge in [0.05, 0.1) is 11.4 Å². The second-order valence-electron chi connectivity index (χ2n) is 4.25. The van der Waals surface area contributed by atoms with Crippen LogP contribution < -0.4 is 10.9 Å². The Morgan fingerprint density at radius 1 is 1.06 bits per heavy atom. The third kappa shape index (κ3) is 1.24. The van der Waals surface area contributed by atoms with Crippen LogP contribution in [-0.2, 0) is 5.66 Å². The summed E-state index contributed by atoms with van der Waals surface area (Å²) in [5.41, 5.74) is 8.58. The zero-order valence-corrected chi connectivity index (χ0v) is 9.41. The molecule has 4 rings (SSSR count). The highest BCUT2D eigenvalue weighted by atomic mass is 15.6. The molecule has 2 aromatic rings. The zero-order chi connectivity index (χ0) is 12.0. The average Bonchev–Trinajstić information content (AvgIpc) is 3.08. The molecule has 0 aromatic carbocycles. The molecule has 6 heteroatoms. The minimum atomic E-state index is -0.547. The van der Waals surface area contributed by atoms with Crippen LogP contribution in [0, 0.1) is 0 Å². The molecule has 0 amide bonds. The molecule has 1 spiro atoms. The maximum Gasteiger partial charge on any atom is 0.214 e. The molecule has 0 bridgehead atoms. The molecule has 0 fully saturated rings. The lowest BCUT2D eigenvalue weighted by Gasteiger charge is -2.23. The van der Waals surface area contributed by atoms with Crippen LogP contribution in [0.5, 0.6) is 0 Å². The van der Waals surface area contributed by atoms with Crippen molar-refractivity contribution in [2.45, 2.75) is 11.8 Å². The second kappa shape index (κ2) is 3.41. The second-order valence-corrected chi connectivity index (χ2v) is 4.25. The largest absolute Gasteiger partial charge is 0.257 e. The van der Waals surface area contributed by atoms with E-state index in [4.69, 9.17) is 0 Å². The lowest BCUT2D eigenvalue weighted by Crippen LogP contribution is -2.45. The van der Waals surface area contributed by atoms with Gasteiger partial charge < -0.3 is 0 Å². The maximum atomic E-state index is 4.35. The van der Waals surface area contributed by atoms with Gasteiger partial charge in [-0.3, -0.25) is 9.97 Å². The quantitative estimate of drug-likeness (QED) is 0.784. The first-order valence-corrected chi connectivity index (χ1v) is 5.72. The molecule has 2 atom stereocenters. The minimum absolute atomic E-state index is 0.256. The third-order valence-corrected chi connectivity index (χ3v) is 3.16. The highest BCUT2D eigenvalue weighted by molar-refractivity contribution is 5.53. The van der Waals surface area contributed by atoms with E-state index in [0.717, 1.165) is 17.0 Å². The fourth-order valence-corrected chi connectivity index (χ4v) is 2.17. The lowest BCUT2D eigenvalue weighted by molar-refractivity contribution is 0.288. The third-order valence-electron chi connectivity index (χ3n) is 3.16. The predicted molar refractivity (Wildman–Crippen MR) is 63.1 cm³/mol. The van der Waals surface area contributed by atoms with E-state index in [0.29, 0.717) is 0 Å². The first-order valence-electron chi connectivity index (χ1n) is 5.72. The SMILES string of the molecule is c1ccc([C@H]2N=N[C@@]3(NN2)c2cccnc23)nc1. The van der Waals surface area contributed by atoms with E-state index in [1.165, 1.54) is 0 Å². The van der Waals surface area contributed by atoms with Crippen LogP contribution in [-0.4, -0.2) is 9.97 Å². The van der Waals surface area contributed by atoms with Crippen LogP contribution in [0.1, 0.15) is 23.1 Å². The highest BCUT2D eigenvalue weighted by Gasteiger charge is 2.55. The van der Waals surface area contributed by atoms with Gasteiger partial charge in [0.2, 0.25) is 5.66 Å². The summed E-state index contributed by atoms with van der Waals surface area (Å²) in [6, 6.07) is 9.61. The van der Waals surface area contributed by atoms with Crippen molar-refractivity contribution in [3.8, 4) is 0 Å². The van der Waals surface area contributed by atoms with E-state index in [1.54, 1.807) is 12.4 Å². The number of aromatic nitrogens is 2. The molecule has 2 aromatic heterocycles. The summed E-state index contributed by atoms with van der Waals surface area (Å²) < 4.78 is 0. The number of fused-ring (bicyclic) bond motifs is 3. The maximum absolute atomic E-state index is 4.35. The van der Waals surface area contributed by atoms with Crippen molar-refractivity contribution < 1.29 is 0 Å². The van der Waals surface area contributed by atoms with Crippen molar-refractivity contribution >= 4 is 0 Å². The molecule has 88 valence electrons. The van der Waals surface area contributed by atoms with Crippen LogP contribution in [0.15, 0.2) is 53.0 Å². The molecule has 1 aliphatic heterocycles. The Balaban J connectivity index is 1.63. The van der Waals surface area contributed by atoms with E-state index < -0.39 is 5.66 Å². The van der Waals surface area contributed by atoms with Gasteiger partial charge in [-0.2, -0.15) is 10.2 Å². The number of hydrogen-bond donors (Lipinski definition) is 2. The Bertz CT molecular complexity index is 600. The first-order chi connectivity index (χ1) is 8.90. The van der Waals surface area contributed by atoms with Crippen LogP contribution in [0.4, 0.5) is 0 Å². The van der Waals surface area contributed by atoms with E-state index >= 15 is 0 Å². The summed E-state index contributed by atoms with van der Waals surface area (Å²) in [6.07, 6.45) is 3.24. The molecule has 18 heavy (non-hydrogen) atoms. The van der Waals surface area contributed by atoms with Crippen molar-refractivity contribution in [1.29, 1.82) is 0 Å². The molecule has 0 saturated carbocycles. The molecule has 6 nitrogen and oxygen atoms in total. The molecule has 3 heterocycles. The standard InChI is InChI=1S/C12H10N6/c1-2-6-13-9(5-1)11-15-17-12(18-16-11)8-4-3-7-14-10(8)12/h1-7,11,15,17H/t11-,12+/m1/s1. The first kappa shape index (κ1) is 9.81. The molecular weight excluding hydrogens is 228 g/mol. The van der Waals surface area contributed by atoms with Gasteiger partial charge in [-0.15, -0.1) is 0 Å². The summed E-state index contributed by atoms with van der Waals surface area (Å²) in [5, 5.41) is 8.63. The van der Waals surface area contributed by atoms with Gasteiger partial charge in [0.1, 0.15) is 0 Å². The van der Waals surface area contributed by atoms with Crippen molar-refractivity contribution in [2.75, 3.05) is 0 Å². The molecule has 0 unspecified atom stereocenters. The predicted octanol–water partition coefficient (Wildman–Crippen LogP) is 1.25. The van der Waals surface area contributed by atoms with E-state index in [-0.39, 0.29) is 6.17 Å². The molecular formula is C12H10N6. The van der Waals surface area contributed by atoms with E-state index in [9.17, 15) is 0 Å². The number of hydrogen-bond acceptors (Lipinski definition) is 6. The minimum Gasteiger partial charge on any atom is -0.257 e. The number of rotatable bonds is 1.